The Kier molecular flexibility index (Phi) is 4.23. The summed E-state index contributed by atoms with van der Waals surface area (Å²) in [5, 5.41) is 3.26. The normalized spacial score (nSPS) is 10.3. The molecule has 0 heterocycles. The summed E-state index contributed by atoms with van der Waals surface area (Å²) >= 11 is 5.54. The van der Waals surface area contributed by atoms with Crippen molar-refractivity contribution in [3.63, 3.8) is 0 Å². The van der Waals surface area contributed by atoms with Gasteiger partial charge in [0.05, 0.1) is 5.88 Å². The monoisotopic (exact) mass is 271 g/mol. The van der Waals surface area contributed by atoms with E-state index < -0.39 is 0 Å². The maximum Gasteiger partial charge on any atom is 0.177 e. The van der Waals surface area contributed by atoms with Gasteiger partial charge in [-0.3, -0.25) is 4.79 Å². The maximum absolute atomic E-state index is 11.5. The van der Waals surface area contributed by atoms with Gasteiger partial charge in [-0.05, 0) is 49.2 Å². The number of ketones is 1. The van der Waals surface area contributed by atoms with Crippen LogP contribution in [0.1, 0.15) is 21.5 Å². The smallest absolute Gasteiger partial charge is 0.177 e. The zero-order chi connectivity index (χ0) is 13.8. The molecule has 2 aromatic rings. The zero-order valence-corrected chi connectivity index (χ0v) is 11.2. The van der Waals surface area contributed by atoms with Crippen LogP contribution in [0.25, 0.3) is 0 Å². The highest BCUT2D eigenvalue weighted by atomic mass is 35.5. The van der Waals surface area contributed by atoms with Gasteiger partial charge in [0.15, 0.2) is 5.78 Å². The van der Waals surface area contributed by atoms with Crippen LogP contribution < -0.4 is 5.32 Å². The van der Waals surface area contributed by atoms with E-state index in [1.165, 1.54) is 0 Å². The van der Waals surface area contributed by atoms with E-state index in [0.29, 0.717) is 5.56 Å². The molecule has 2 radical (unpaired) electrons. The highest BCUT2D eigenvalue weighted by molar-refractivity contribution is 6.30. The van der Waals surface area contributed by atoms with Gasteiger partial charge in [0, 0.05) is 16.9 Å². The summed E-state index contributed by atoms with van der Waals surface area (Å²) in [5.41, 5.74) is 4.00. The number of halogens is 1. The average Bonchev–Trinajstić information content (AvgIpc) is 2.42. The number of alkyl halides is 1. The fraction of sp³-hybridized carbons (Fsp3) is 0.0625. The molecule has 2 nitrogen and oxygen atoms in total. The van der Waals surface area contributed by atoms with Gasteiger partial charge in [0.25, 0.3) is 0 Å². The molecule has 96 valence electrons. The number of carbonyl (C=O) groups is 1. The van der Waals surface area contributed by atoms with Crippen molar-refractivity contribution >= 4 is 28.8 Å². The summed E-state index contributed by atoms with van der Waals surface area (Å²) in [6.07, 6.45) is 0. The lowest BCUT2D eigenvalue weighted by molar-refractivity contribution is 0.102. The first-order valence-corrected chi connectivity index (χ1v) is 6.38. The van der Waals surface area contributed by atoms with Crippen molar-refractivity contribution in [1.29, 1.82) is 0 Å². The number of benzene rings is 2. The van der Waals surface area contributed by atoms with Gasteiger partial charge in [0.2, 0.25) is 0 Å². The van der Waals surface area contributed by atoms with Gasteiger partial charge in [0.1, 0.15) is 0 Å². The minimum atomic E-state index is -0.101. The first-order valence-electron chi connectivity index (χ1n) is 5.85. The molecule has 0 aliphatic carbocycles. The number of rotatable bonds is 4. The van der Waals surface area contributed by atoms with Gasteiger partial charge in [-0.25, -0.2) is 0 Å². The average molecular weight is 272 g/mol. The summed E-state index contributed by atoms with van der Waals surface area (Å²) in [4.78, 5) is 11.5. The van der Waals surface area contributed by atoms with Gasteiger partial charge >= 0.3 is 0 Å². The Bertz CT molecular complexity index is 607. The molecule has 3 heteroatoms. The summed E-state index contributed by atoms with van der Waals surface area (Å²) in [5.74, 6) is -0.121. The molecule has 0 saturated carbocycles. The minimum absolute atomic E-state index is 0.0199. The molecule has 2 rings (SSSR count). The Labute approximate surface area is 118 Å². The summed E-state index contributed by atoms with van der Waals surface area (Å²) in [7, 11) is 0. The van der Waals surface area contributed by atoms with Gasteiger partial charge in [-0.2, -0.15) is 0 Å². The lowest BCUT2D eigenvalue weighted by Crippen LogP contribution is -2.02. The van der Waals surface area contributed by atoms with Crippen molar-refractivity contribution in [3.05, 3.63) is 73.0 Å². The number of Topliss-reactive ketones (excluding diaryl/α,β-unsaturated/α-hetero) is 1. The summed E-state index contributed by atoms with van der Waals surface area (Å²) in [6.45, 7) is 7.90. The molecule has 0 unspecified atom stereocenters. The van der Waals surface area contributed by atoms with E-state index >= 15 is 0 Å². The highest BCUT2D eigenvalue weighted by Gasteiger charge is 2.07. The summed E-state index contributed by atoms with van der Waals surface area (Å²) < 4.78 is 0. The molecule has 0 amide bonds. The van der Waals surface area contributed by atoms with Crippen LogP contribution in [-0.4, -0.2) is 11.7 Å². The third-order valence-corrected chi connectivity index (χ3v) is 3.08. The zero-order valence-electron chi connectivity index (χ0n) is 10.4. The van der Waals surface area contributed by atoms with Crippen molar-refractivity contribution in [2.24, 2.45) is 0 Å². The van der Waals surface area contributed by atoms with E-state index in [9.17, 15) is 4.79 Å². The Morgan fingerprint density at radius 1 is 1.05 bits per heavy atom. The molecule has 0 aromatic heterocycles. The number of para-hydroxylation sites is 1. The van der Waals surface area contributed by atoms with E-state index in [-0.39, 0.29) is 11.7 Å². The Balaban J connectivity index is 2.27. The van der Waals surface area contributed by atoms with Crippen LogP contribution in [0.5, 0.6) is 0 Å². The van der Waals surface area contributed by atoms with Gasteiger partial charge < -0.3 is 5.32 Å². The van der Waals surface area contributed by atoms with E-state index in [0.717, 1.165) is 22.5 Å². The van der Waals surface area contributed by atoms with Gasteiger partial charge in [-0.1, -0.05) is 18.2 Å². The van der Waals surface area contributed by atoms with E-state index in [2.05, 4.69) is 19.2 Å². The SMILES string of the molecule is [CH2]c1ccccc1Nc1ccc(C(=O)CCl)cc1[CH2]. The van der Waals surface area contributed by atoms with Crippen molar-refractivity contribution in [2.75, 3.05) is 11.2 Å². The molecule has 0 aliphatic heterocycles. The number of anilines is 2. The molecular formula is C16H14ClNO. The fourth-order valence-corrected chi connectivity index (χ4v) is 1.91. The maximum atomic E-state index is 11.5. The molecule has 0 spiro atoms. The second-order valence-corrected chi connectivity index (χ2v) is 4.48. The highest BCUT2D eigenvalue weighted by Crippen LogP contribution is 2.24. The van der Waals surface area contributed by atoms with Crippen LogP contribution in [0, 0.1) is 13.8 Å². The standard InChI is InChI=1S/C16H14ClNO/c1-11-5-3-4-6-14(11)18-15-8-7-13(9-12(15)2)16(19)10-17/h3-9,18H,1-2,10H2. The molecule has 0 fully saturated rings. The lowest BCUT2D eigenvalue weighted by Gasteiger charge is -2.12. The van der Waals surface area contributed by atoms with E-state index in [1.807, 2.05) is 30.3 Å². The third kappa shape index (κ3) is 3.15. The number of carbonyl (C=O) groups excluding carboxylic acids is 1. The molecule has 0 atom stereocenters. The minimum Gasteiger partial charge on any atom is -0.355 e. The molecule has 1 N–H and O–H groups in total. The second-order valence-electron chi connectivity index (χ2n) is 4.21. The van der Waals surface area contributed by atoms with Crippen molar-refractivity contribution < 1.29 is 4.79 Å². The van der Waals surface area contributed by atoms with Crippen LogP contribution in [0.15, 0.2) is 42.5 Å². The Morgan fingerprint density at radius 3 is 2.37 bits per heavy atom. The predicted molar refractivity (Wildman–Crippen MR) is 80.1 cm³/mol. The quantitative estimate of drug-likeness (QED) is 0.666. The topological polar surface area (TPSA) is 29.1 Å². The van der Waals surface area contributed by atoms with Crippen molar-refractivity contribution in [1.82, 2.24) is 0 Å². The van der Waals surface area contributed by atoms with Crippen molar-refractivity contribution in [3.8, 4) is 0 Å². The van der Waals surface area contributed by atoms with E-state index in [1.54, 1.807) is 12.1 Å². The molecule has 2 aromatic carbocycles. The van der Waals surface area contributed by atoms with Gasteiger partial charge in [-0.15, -0.1) is 11.6 Å². The molecule has 0 aliphatic rings. The predicted octanol–water partition coefficient (Wildman–Crippen LogP) is 4.22. The first kappa shape index (κ1) is 13.6. The summed E-state index contributed by atoms with van der Waals surface area (Å²) in [6, 6.07) is 13.0. The van der Waals surface area contributed by atoms with Crippen molar-refractivity contribution in [2.45, 2.75) is 0 Å². The largest absolute Gasteiger partial charge is 0.355 e. The Morgan fingerprint density at radius 2 is 1.74 bits per heavy atom. The van der Waals surface area contributed by atoms with Crippen LogP contribution in [-0.2, 0) is 0 Å². The number of nitrogens with one attached hydrogen (secondary N) is 1. The molecule has 19 heavy (non-hydrogen) atoms. The third-order valence-electron chi connectivity index (χ3n) is 2.84. The second kappa shape index (κ2) is 5.89. The number of hydrogen-bond donors (Lipinski definition) is 1. The molecular weight excluding hydrogens is 258 g/mol. The molecule has 0 bridgehead atoms. The first-order chi connectivity index (χ1) is 9.11. The van der Waals surface area contributed by atoms with Crippen LogP contribution in [0.3, 0.4) is 0 Å². The van der Waals surface area contributed by atoms with Crippen LogP contribution in [0.2, 0.25) is 0 Å². The van der Waals surface area contributed by atoms with Crippen LogP contribution >= 0.6 is 11.6 Å². The lowest BCUT2D eigenvalue weighted by atomic mass is 10.1. The van der Waals surface area contributed by atoms with Crippen LogP contribution in [0.4, 0.5) is 11.4 Å². The Hall–Kier alpha value is -1.80. The number of hydrogen-bond acceptors (Lipinski definition) is 2. The molecule has 0 saturated heterocycles. The van der Waals surface area contributed by atoms with E-state index in [4.69, 9.17) is 11.6 Å². The fourth-order valence-electron chi connectivity index (χ4n) is 1.75.